The largest absolute Gasteiger partial charge is 0.464 e. The maximum absolute atomic E-state index is 13.0. The molecule has 32 heavy (non-hydrogen) atoms. The highest BCUT2D eigenvalue weighted by Gasteiger charge is 2.31. The maximum Gasteiger partial charge on any atom is 0.416 e. The fraction of sp³-hybridized carbons (Fsp3) is 0.150. The minimum Gasteiger partial charge on any atom is -0.464 e. The van der Waals surface area contributed by atoms with Gasteiger partial charge >= 0.3 is 6.18 Å². The van der Waals surface area contributed by atoms with E-state index in [-0.39, 0.29) is 16.9 Å². The summed E-state index contributed by atoms with van der Waals surface area (Å²) in [5, 5.41) is 14.2. The quantitative estimate of drug-likeness (QED) is 0.425. The Morgan fingerprint density at radius 2 is 2.06 bits per heavy atom. The van der Waals surface area contributed by atoms with Gasteiger partial charge in [0.25, 0.3) is 5.56 Å². The second-order valence-electron chi connectivity index (χ2n) is 6.95. The molecule has 1 N–H and O–H groups in total. The Bertz CT molecular complexity index is 1470. The summed E-state index contributed by atoms with van der Waals surface area (Å²) in [6, 6.07) is 7.55. The standard InChI is InChI=1S/C20H13F3N6O2S/c1-10(29-27-17(26-28-29)11-4-2-5-12(8-11)20(21,22)23)16-24-18(30)15-13(9-32-19(15)25-16)14-6-3-7-31-14/h2-10H,1H3,(H,24,25,30). The van der Waals surface area contributed by atoms with Crippen LogP contribution in [0.5, 0.6) is 0 Å². The molecule has 5 rings (SSSR count). The van der Waals surface area contributed by atoms with Crippen molar-refractivity contribution < 1.29 is 17.6 Å². The SMILES string of the molecule is CC(c1nc2scc(-c3ccco3)c2c(=O)[nH]1)n1nnc(-c2cccc(C(F)(F)F)c2)n1. The molecule has 0 spiro atoms. The van der Waals surface area contributed by atoms with E-state index in [0.29, 0.717) is 27.4 Å². The third kappa shape index (κ3) is 3.47. The Morgan fingerprint density at radius 1 is 1.22 bits per heavy atom. The molecule has 8 nitrogen and oxygen atoms in total. The van der Waals surface area contributed by atoms with Gasteiger partial charge in [-0.1, -0.05) is 12.1 Å². The van der Waals surface area contributed by atoms with Gasteiger partial charge in [0, 0.05) is 16.5 Å². The Balaban J connectivity index is 1.49. The molecule has 162 valence electrons. The first-order valence-electron chi connectivity index (χ1n) is 9.33. The monoisotopic (exact) mass is 458 g/mol. The Morgan fingerprint density at radius 3 is 2.81 bits per heavy atom. The minimum absolute atomic E-state index is 0.0302. The minimum atomic E-state index is -4.48. The van der Waals surface area contributed by atoms with Crippen LogP contribution in [0.2, 0.25) is 0 Å². The number of fused-ring (bicyclic) bond motifs is 1. The summed E-state index contributed by atoms with van der Waals surface area (Å²) >= 11 is 1.30. The molecule has 0 fully saturated rings. The number of alkyl halides is 3. The van der Waals surface area contributed by atoms with Gasteiger partial charge in [0.15, 0.2) is 0 Å². The van der Waals surface area contributed by atoms with Crippen LogP contribution in [-0.4, -0.2) is 30.2 Å². The normalized spacial score (nSPS) is 13.0. The average Bonchev–Trinajstić information content (AvgIpc) is 3.52. The number of nitrogens with zero attached hydrogens (tertiary/aromatic N) is 5. The number of furan rings is 1. The zero-order chi connectivity index (χ0) is 22.5. The van der Waals surface area contributed by atoms with Gasteiger partial charge in [-0.05, 0) is 36.4 Å². The summed E-state index contributed by atoms with van der Waals surface area (Å²) < 4.78 is 44.3. The Hall–Kier alpha value is -3.80. The van der Waals surface area contributed by atoms with Crippen molar-refractivity contribution in [3.05, 3.63) is 69.8 Å². The van der Waals surface area contributed by atoms with Crippen molar-refractivity contribution in [2.45, 2.75) is 19.1 Å². The van der Waals surface area contributed by atoms with Crippen molar-refractivity contribution in [3.8, 4) is 22.7 Å². The Kier molecular flexibility index (Phi) is 4.66. The fourth-order valence-corrected chi connectivity index (χ4v) is 4.16. The smallest absolute Gasteiger partial charge is 0.416 e. The van der Waals surface area contributed by atoms with E-state index in [4.69, 9.17) is 4.42 Å². The lowest BCUT2D eigenvalue weighted by Crippen LogP contribution is -2.19. The van der Waals surface area contributed by atoms with Crippen LogP contribution in [0.15, 0.2) is 57.3 Å². The van der Waals surface area contributed by atoms with Crippen molar-refractivity contribution in [3.63, 3.8) is 0 Å². The molecule has 0 amide bonds. The summed E-state index contributed by atoms with van der Waals surface area (Å²) in [7, 11) is 0. The summed E-state index contributed by atoms with van der Waals surface area (Å²) in [4.78, 5) is 21.7. The molecule has 1 atom stereocenters. The molecule has 0 saturated carbocycles. The molecule has 5 aromatic rings. The molecule has 0 bridgehead atoms. The highest BCUT2D eigenvalue weighted by Crippen LogP contribution is 2.32. The number of halogens is 3. The molecule has 0 aliphatic rings. The van der Waals surface area contributed by atoms with Crippen molar-refractivity contribution in [1.29, 1.82) is 0 Å². The summed E-state index contributed by atoms with van der Waals surface area (Å²) in [6.07, 6.45) is -2.96. The molecule has 0 aliphatic carbocycles. The third-order valence-corrected chi connectivity index (χ3v) is 5.74. The Labute approximate surface area is 181 Å². The maximum atomic E-state index is 13.0. The predicted octanol–water partition coefficient (Wildman–Crippen LogP) is 4.53. The van der Waals surface area contributed by atoms with Crippen LogP contribution in [-0.2, 0) is 6.18 Å². The first kappa shape index (κ1) is 20.1. The van der Waals surface area contributed by atoms with E-state index in [0.717, 1.165) is 12.1 Å². The molecule has 4 heterocycles. The van der Waals surface area contributed by atoms with E-state index < -0.39 is 17.8 Å². The van der Waals surface area contributed by atoms with E-state index in [1.54, 1.807) is 24.4 Å². The van der Waals surface area contributed by atoms with Crippen LogP contribution in [0.1, 0.15) is 24.4 Å². The van der Waals surface area contributed by atoms with Gasteiger partial charge in [0.05, 0.1) is 17.2 Å². The van der Waals surface area contributed by atoms with Crippen molar-refractivity contribution in [2.75, 3.05) is 0 Å². The van der Waals surface area contributed by atoms with Gasteiger partial charge in [0.2, 0.25) is 5.82 Å². The number of nitrogens with one attached hydrogen (secondary N) is 1. The second-order valence-corrected chi connectivity index (χ2v) is 7.80. The van der Waals surface area contributed by atoms with Gasteiger partial charge in [-0.25, -0.2) is 4.98 Å². The lowest BCUT2D eigenvalue weighted by atomic mass is 10.1. The van der Waals surface area contributed by atoms with Crippen molar-refractivity contribution >= 4 is 21.6 Å². The highest BCUT2D eigenvalue weighted by atomic mass is 32.1. The molecule has 0 radical (unpaired) electrons. The van der Waals surface area contributed by atoms with Crippen molar-refractivity contribution in [2.24, 2.45) is 0 Å². The van der Waals surface area contributed by atoms with E-state index in [9.17, 15) is 18.0 Å². The number of aromatic amines is 1. The number of hydrogen-bond donors (Lipinski definition) is 1. The van der Waals surface area contributed by atoms with E-state index in [2.05, 4.69) is 25.4 Å². The molecule has 0 aliphatic heterocycles. The molecule has 12 heteroatoms. The van der Waals surface area contributed by atoms with Gasteiger partial charge < -0.3 is 9.40 Å². The zero-order valence-corrected chi connectivity index (χ0v) is 17.1. The highest BCUT2D eigenvalue weighted by molar-refractivity contribution is 7.17. The molecular formula is C20H13F3N6O2S. The van der Waals surface area contributed by atoms with E-state index >= 15 is 0 Å². The lowest BCUT2D eigenvalue weighted by molar-refractivity contribution is -0.137. The van der Waals surface area contributed by atoms with Crippen LogP contribution in [0, 0.1) is 0 Å². The van der Waals surface area contributed by atoms with Crippen LogP contribution >= 0.6 is 11.3 Å². The first-order chi connectivity index (χ1) is 15.3. The van der Waals surface area contributed by atoms with Crippen LogP contribution in [0.3, 0.4) is 0 Å². The van der Waals surface area contributed by atoms with E-state index in [1.807, 2.05) is 0 Å². The number of tetrazole rings is 1. The van der Waals surface area contributed by atoms with Gasteiger partial charge in [-0.3, -0.25) is 4.79 Å². The molecule has 4 aromatic heterocycles. The second kappa shape index (κ2) is 7.41. The van der Waals surface area contributed by atoms with Crippen LogP contribution in [0.4, 0.5) is 13.2 Å². The lowest BCUT2D eigenvalue weighted by Gasteiger charge is -2.09. The molecule has 1 unspecified atom stereocenters. The number of hydrogen-bond acceptors (Lipinski definition) is 7. The molecule has 0 saturated heterocycles. The van der Waals surface area contributed by atoms with Gasteiger partial charge in [-0.15, -0.1) is 21.5 Å². The fourth-order valence-electron chi connectivity index (χ4n) is 3.23. The third-order valence-electron chi connectivity index (χ3n) is 4.87. The summed E-state index contributed by atoms with van der Waals surface area (Å²) in [5.41, 5.74) is -0.325. The summed E-state index contributed by atoms with van der Waals surface area (Å²) in [5.74, 6) is 0.888. The number of aromatic nitrogens is 6. The average molecular weight is 458 g/mol. The number of rotatable bonds is 4. The predicted molar refractivity (Wildman–Crippen MR) is 110 cm³/mol. The zero-order valence-electron chi connectivity index (χ0n) is 16.3. The summed E-state index contributed by atoms with van der Waals surface area (Å²) in [6.45, 7) is 1.70. The van der Waals surface area contributed by atoms with Crippen molar-refractivity contribution in [1.82, 2.24) is 30.2 Å². The van der Waals surface area contributed by atoms with E-state index in [1.165, 1.54) is 34.5 Å². The number of benzene rings is 1. The topological polar surface area (TPSA) is 102 Å². The van der Waals surface area contributed by atoms with Crippen LogP contribution < -0.4 is 5.56 Å². The number of H-pyrrole nitrogens is 1. The van der Waals surface area contributed by atoms with Gasteiger partial charge in [-0.2, -0.15) is 18.0 Å². The van der Waals surface area contributed by atoms with Crippen LogP contribution in [0.25, 0.3) is 32.9 Å². The van der Waals surface area contributed by atoms with Gasteiger partial charge in [0.1, 0.15) is 22.5 Å². The molecule has 1 aromatic carbocycles. The molecular weight excluding hydrogens is 445 g/mol. The first-order valence-corrected chi connectivity index (χ1v) is 10.2. The number of thiophene rings is 1.